The quantitative estimate of drug-likeness (QED) is 0.634. The third-order valence-electron chi connectivity index (χ3n) is 6.74. The topological polar surface area (TPSA) is 108 Å². The number of piperidine rings is 2. The number of nitrogens with one attached hydrogen (secondary N) is 3. The van der Waals surface area contributed by atoms with Crippen molar-refractivity contribution in [2.24, 2.45) is 16.2 Å². The molecule has 0 bridgehead atoms. The second-order valence-corrected chi connectivity index (χ2v) is 9.64. The Morgan fingerprint density at radius 3 is 2.07 bits per heavy atom. The van der Waals surface area contributed by atoms with E-state index in [4.69, 9.17) is 0 Å². The van der Waals surface area contributed by atoms with Crippen LogP contribution in [0.3, 0.4) is 0 Å². The average molecular weight is 393 g/mol. The lowest BCUT2D eigenvalue weighted by Crippen LogP contribution is -2.53. The van der Waals surface area contributed by atoms with Crippen LogP contribution in [-0.2, 0) is 19.2 Å². The Labute approximate surface area is 166 Å². The Kier molecular flexibility index (Phi) is 5.42. The molecule has 3 aliphatic rings. The largest absolute Gasteiger partial charge is 0.355 e. The fourth-order valence-electron chi connectivity index (χ4n) is 4.33. The van der Waals surface area contributed by atoms with Crippen LogP contribution in [-0.4, -0.2) is 61.3 Å². The first-order chi connectivity index (χ1) is 13.1. The minimum atomic E-state index is -0.577. The van der Waals surface area contributed by atoms with Crippen LogP contribution in [0.4, 0.5) is 0 Å². The zero-order valence-electron chi connectivity index (χ0n) is 17.2. The van der Waals surface area contributed by atoms with Crippen LogP contribution in [0.2, 0.25) is 0 Å². The fourth-order valence-corrected chi connectivity index (χ4v) is 4.33. The molecule has 0 aromatic heterocycles. The number of nitrogens with zero attached hydrogens (tertiary/aromatic N) is 1. The molecule has 0 aromatic rings. The van der Waals surface area contributed by atoms with Crippen molar-refractivity contribution >= 4 is 23.6 Å². The normalized spacial score (nSPS) is 35.9. The number of carbonyl (C=O) groups is 4. The summed E-state index contributed by atoms with van der Waals surface area (Å²) in [6, 6.07) is 0. The lowest BCUT2D eigenvalue weighted by atomic mass is 9.80. The van der Waals surface area contributed by atoms with Gasteiger partial charge in [0.2, 0.25) is 23.6 Å². The summed E-state index contributed by atoms with van der Waals surface area (Å²) >= 11 is 0. The highest BCUT2D eigenvalue weighted by Crippen LogP contribution is 2.35. The number of likely N-dealkylation sites (tertiary alicyclic amines) is 1. The van der Waals surface area contributed by atoms with Gasteiger partial charge in [0.05, 0.1) is 10.8 Å². The van der Waals surface area contributed by atoms with Gasteiger partial charge in [-0.05, 0) is 33.1 Å². The van der Waals surface area contributed by atoms with E-state index >= 15 is 0 Å². The Bertz CT molecular complexity index is 672. The summed E-state index contributed by atoms with van der Waals surface area (Å²) in [6.45, 7) is 8.42. The van der Waals surface area contributed by atoms with Gasteiger partial charge in [-0.2, -0.15) is 0 Å². The van der Waals surface area contributed by atoms with E-state index < -0.39 is 10.8 Å². The standard InChI is InChI=1S/C20H32N4O4/c1-18(10-23-16(27)19(2)6-4-14(25)21-11-19)8-9-24(13-18)17(28)20(3)7-5-15(26)22-12-20/h4-13H2,1-3H3,(H,21,25)(H,22,26)(H,23,27). The van der Waals surface area contributed by atoms with Gasteiger partial charge in [0.1, 0.15) is 0 Å². The Hall–Kier alpha value is -2.12. The van der Waals surface area contributed by atoms with Crippen molar-refractivity contribution in [2.45, 2.75) is 52.9 Å². The summed E-state index contributed by atoms with van der Waals surface area (Å²) in [5.74, 6) is 0.0474. The van der Waals surface area contributed by atoms with Crippen molar-refractivity contribution in [3.05, 3.63) is 0 Å². The zero-order valence-corrected chi connectivity index (χ0v) is 17.2. The minimum absolute atomic E-state index is 0.00502. The predicted octanol–water partition coefficient (Wildman–Crippen LogP) is 0.174. The van der Waals surface area contributed by atoms with E-state index in [0.29, 0.717) is 58.4 Å². The number of amides is 4. The molecule has 8 heteroatoms. The number of hydrogen-bond donors (Lipinski definition) is 3. The van der Waals surface area contributed by atoms with E-state index in [0.717, 1.165) is 6.42 Å². The molecular weight excluding hydrogens is 360 g/mol. The van der Waals surface area contributed by atoms with Crippen molar-refractivity contribution in [3.63, 3.8) is 0 Å². The lowest BCUT2D eigenvalue weighted by molar-refractivity contribution is -0.143. The lowest BCUT2D eigenvalue weighted by Gasteiger charge is -2.36. The van der Waals surface area contributed by atoms with Gasteiger partial charge in [-0.25, -0.2) is 0 Å². The van der Waals surface area contributed by atoms with Crippen molar-refractivity contribution in [1.82, 2.24) is 20.9 Å². The highest BCUT2D eigenvalue weighted by molar-refractivity contribution is 5.87. The van der Waals surface area contributed by atoms with Gasteiger partial charge in [-0.3, -0.25) is 19.2 Å². The third-order valence-corrected chi connectivity index (χ3v) is 6.74. The second kappa shape index (κ2) is 7.37. The molecule has 3 saturated heterocycles. The van der Waals surface area contributed by atoms with Gasteiger partial charge >= 0.3 is 0 Å². The Balaban J connectivity index is 1.53. The molecule has 156 valence electrons. The summed E-state index contributed by atoms with van der Waals surface area (Å²) in [4.78, 5) is 50.4. The molecule has 0 spiro atoms. The summed E-state index contributed by atoms with van der Waals surface area (Å²) in [7, 11) is 0. The van der Waals surface area contributed by atoms with E-state index in [1.807, 2.05) is 18.7 Å². The van der Waals surface area contributed by atoms with Gasteiger partial charge in [0, 0.05) is 51.0 Å². The molecule has 3 atom stereocenters. The number of hydrogen-bond acceptors (Lipinski definition) is 4. The van der Waals surface area contributed by atoms with Crippen LogP contribution in [0.15, 0.2) is 0 Å². The van der Waals surface area contributed by atoms with E-state index in [-0.39, 0.29) is 29.0 Å². The molecule has 3 N–H and O–H groups in total. The smallest absolute Gasteiger partial charge is 0.230 e. The molecule has 3 heterocycles. The molecule has 4 amide bonds. The highest BCUT2D eigenvalue weighted by Gasteiger charge is 2.45. The third kappa shape index (κ3) is 4.15. The first-order valence-corrected chi connectivity index (χ1v) is 10.2. The van der Waals surface area contributed by atoms with Crippen LogP contribution in [0.1, 0.15) is 52.9 Å². The average Bonchev–Trinajstić information content (AvgIpc) is 3.06. The fraction of sp³-hybridized carbons (Fsp3) is 0.800. The van der Waals surface area contributed by atoms with Crippen LogP contribution < -0.4 is 16.0 Å². The molecule has 8 nitrogen and oxygen atoms in total. The van der Waals surface area contributed by atoms with Gasteiger partial charge in [0.25, 0.3) is 0 Å². The van der Waals surface area contributed by atoms with Crippen LogP contribution in [0.25, 0.3) is 0 Å². The van der Waals surface area contributed by atoms with Crippen LogP contribution in [0, 0.1) is 16.2 Å². The van der Waals surface area contributed by atoms with E-state index in [1.165, 1.54) is 0 Å². The van der Waals surface area contributed by atoms with Crippen LogP contribution >= 0.6 is 0 Å². The monoisotopic (exact) mass is 392 g/mol. The zero-order chi connectivity index (χ0) is 20.6. The van der Waals surface area contributed by atoms with Crippen molar-refractivity contribution in [3.8, 4) is 0 Å². The van der Waals surface area contributed by atoms with Gasteiger partial charge in [-0.15, -0.1) is 0 Å². The summed E-state index contributed by atoms with van der Waals surface area (Å²) in [6.07, 6.45) is 2.72. The minimum Gasteiger partial charge on any atom is -0.355 e. The summed E-state index contributed by atoms with van der Waals surface area (Å²) in [5, 5.41) is 8.64. The number of rotatable bonds is 4. The molecule has 0 saturated carbocycles. The first kappa shape index (κ1) is 20.6. The first-order valence-electron chi connectivity index (χ1n) is 10.2. The van der Waals surface area contributed by atoms with E-state index in [9.17, 15) is 19.2 Å². The SMILES string of the molecule is CC1(CNC(=O)C2(C)CCC(=O)NC2)CCN(C(=O)C2(C)CCC(=O)NC2)C1. The molecule has 0 radical (unpaired) electrons. The maximum Gasteiger partial charge on any atom is 0.230 e. The molecular formula is C20H32N4O4. The summed E-state index contributed by atoms with van der Waals surface area (Å²) in [5.41, 5.74) is -1.30. The van der Waals surface area contributed by atoms with Gasteiger partial charge in [-0.1, -0.05) is 6.92 Å². The van der Waals surface area contributed by atoms with E-state index in [1.54, 1.807) is 0 Å². The molecule has 0 aliphatic carbocycles. The predicted molar refractivity (Wildman–Crippen MR) is 103 cm³/mol. The summed E-state index contributed by atoms with van der Waals surface area (Å²) < 4.78 is 0. The van der Waals surface area contributed by atoms with Gasteiger partial charge in [0.15, 0.2) is 0 Å². The van der Waals surface area contributed by atoms with Gasteiger partial charge < -0.3 is 20.9 Å². The Morgan fingerprint density at radius 2 is 1.54 bits per heavy atom. The highest BCUT2D eigenvalue weighted by atomic mass is 16.2. The second-order valence-electron chi connectivity index (χ2n) is 9.64. The Morgan fingerprint density at radius 1 is 0.964 bits per heavy atom. The van der Waals surface area contributed by atoms with Crippen molar-refractivity contribution in [2.75, 3.05) is 32.7 Å². The molecule has 3 fully saturated rings. The molecule has 3 aliphatic heterocycles. The van der Waals surface area contributed by atoms with Crippen molar-refractivity contribution in [1.29, 1.82) is 0 Å². The van der Waals surface area contributed by atoms with E-state index in [2.05, 4.69) is 22.9 Å². The molecule has 28 heavy (non-hydrogen) atoms. The maximum absolute atomic E-state index is 13.0. The molecule has 3 rings (SSSR count). The number of carbonyl (C=O) groups excluding carboxylic acids is 4. The molecule has 0 aromatic carbocycles. The molecule has 3 unspecified atom stereocenters. The maximum atomic E-state index is 13.0. The van der Waals surface area contributed by atoms with Crippen LogP contribution in [0.5, 0.6) is 0 Å². The van der Waals surface area contributed by atoms with Crippen molar-refractivity contribution < 1.29 is 19.2 Å².